The lowest BCUT2D eigenvalue weighted by atomic mass is 10.2. The van der Waals surface area contributed by atoms with Gasteiger partial charge in [0.25, 0.3) is 0 Å². The topological polar surface area (TPSA) is 60.1 Å². The SMILES string of the molecule is C#CCC(N)C(=O)NCCn1cccc1. The Morgan fingerprint density at radius 1 is 1.53 bits per heavy atom. The molecule has 3 N–H and O–H groups in total. The molecule has 4 nitrogen and oxygen atoms in total. The third-order valence-corrected chi connectivity index (χ3v) is 2.01. The Balaban J connectivity index is 2.20. The minimum atomic E-state index is -0.598. The molecule has 0 saturated carbocycles. The van der Waals surface area contributed by atoms with Gasteiger partial charge in [0, 0.05) is 31.9 Å². The van der Waals surface area contributed by atoms with Crippen LogP contribution in [0.15, 0.2) is 24.5 Å². The first-order valence-electron chi connectivity index (χ1n) is 4.81. The molecule has 4 heteroatoms. The predicted octanol–water partition coefficient (Wildman–Crippen LogP) is -0.0451. The largest absolute Gasteiger partial charge is 0.353 e. The molecule has 0 saturated heterocycles. The standard InChI is InChI=1S/C11H15N3O/c1-2-5-10(12)11(15)13-6-9-14-7-3-4-8-14/h1,3-4,7-8,10H,5-6,9,12H2,(H,13,15). The van der Waals surface area contributed by atoms with Gasteiger partial charge in [0.05, 0.1) is 6.04 Å². The molecule has 0 aliphatic rings. The summed E-state index contributed by atoms with van der Waals surface area (Å²) in [5.41, 5.74) is 5.53. The van der Waals surface area contributed by atoms with E-state index in [9.17, 15) is 4.79 Å². The van der Waals surface area contributed by atoms with E-state index in [0.717, 1.165) is 6.54 Å². The van der Waals surface area contributed by atoms with Crippen LogP contribution in [0.2, 0.25) is 0 Å². The summed E-state index contributed by atoms with van der Waals surface area (Å²) in [4.78, 5) is 11.3. The summed E-state index contributed by atoms with van der Waals surface area (Å²) in [6.45, 7) is 1.30. The lowest BCUT2D eigenvalue weighted by Crippen LogP contribution is -2.41. The van der Waals surface area contributed by atoms with Gasteiger partial charge >= 0.3 is 0 Å². The van der Waals surface area contributed by atoms with Crippen molar-refractivity contribution in [1.29, 1.82) is 0 Å². The summed E-state index contributed by atoms with van der Waals surface area (Å²) in [6.07, 6.45) is 9.21. The first kappa shape index (κ1) is 11.3. The monoisotopic (exact) mass is 205 g/mol. The van der Waals surface area contributed by atoms with Crippen molar-refractivity contribution in [3.05, 3.63) is 24.5 Å². The van der Waals surface area contributed by atoms with Crippen LogP contribution >= 0.6 is 0 Å². The van der Waals surface area contributed by atoms with Crippen molar-refractivity contribution in [2.75, 3.05) is 6.54 Å². The number of terminal acetylenes is 1. The first-order chi connectivity index (χ1) is 7.24. The third kappa shape index (κ3) is 3.88. The number of hydrogen-bond acceptors (Lipinski definition) is 2. The fourth-order valence-corrected chi connectivity index (χ4v) is 1.18. The van der Waals surface area contributed by atoms with E-state index in [4.69, 9.17) is 12.2 Å². The molecule has 0 aromatic carbocycles. The summed E-state index contributed by atoms with van der Waals surface area (Å²) < 4.78 is 1.98. The van der Waals surface area contributed by atoms with Gasteiger partial charge in [-0.1, -0.05) is 0 Å². The molecule has 0 spiro atoms. The highest BCUT2D eigenvalue weighted by Crippen LogP contribution is 1.89. The molecular formula is C11H15N3O. The van der Waals surface area contributed by atoms with Crippen molar-refractivity contribution < 1.29 is 4.79 Å². The zero-order chi connectivity index (χ0) is 11.1. The zero-order valence-corrected chi connectivity index (χ0v) is 8.52. The molecule has 0 bridgehead atoms. The van der Waals surface area contributed by atoms with E-state index in [0.29, 0.717) is 6.54 Å². The summed E-state index contributed by atoms with van der Waals surface area (Å²) in [6, 6.07) is 3.28. The van der Waals surface area contributed by atoms with Gasteiger partial charge in [0.15, 0.2) is 0 Å². The molecule has 1 atom stereocenters. The maximum Gasteiger partial charge on any atom is 0.237 e. The number of hydrogen-bond donors (Lipinski definition) is 2. The van der Waals surface area contributed by atoms with Gasteiger partial charge in [-0.25, -0.2) is 0 Å². The maximum atomic E-state index is 11.3. The van der Waals surface area contributed by atoms with E-state index >= 15 is 0 Å². The quantitative estimate of drug-likeness (QED) is 0.662. The highest BCUT2D eigenvalue weighted by Gasteiger charge is 2.10. The van der Waals surface area contributed by atoms with Gasteiger partial charge in [-0.05, 0) is 12.1 Å². The van der Waals surface area contributed by atoms with Gasteiger partial charge in [-0.2, -0.15) is 0 Å². The van der Waals surface area contributed by atoms with Crippen LogP contribution in [-0.4, -0.2) is 23.1 Å². The predicted molar refractivity (Wildman–Crippen MR) is 58.9 cm³/mol. The second kappa shape index (κ2) is 5.89. The Bertz CT molecular complexity index is 337. The fraction of sp³-hybridized carbons (Fsp3) is 0.364. The van der Waals surface area contributed by atoms with Crippen LogP contribution in [0, 0.1) is 12.3 Å². The molecule has 0 aliphatic heterocycles. The van der Waals surface area contributed by atoms with Gasteiger partial charge < -0.3 is 15.6 Å². The van der Waals surface area contributed by atoms with E-state index < -0.39 is 6.04 Å². The van der Waals surface area contributed by atoms with Crippen molar-refractivity contribution >= 4 is 5.91 Å². The van der Waals surface area contributed by atoms with Crippen LogP contribution in [0.5, 0.6) is 0 Å². The molecule has 1 rings (SSSR count). The Labute approximate surface area is 89.5 Å². The summed E-state index contributed by atoms with van der Waals surface area (Å²) in [5, 5.41) is 2.73. The molecule has 15 heavy (non-hydrogen) atoms. The number of nitrogens with zero attached hydrogens (tertiary/aromatic N) is 1. The lowest BCUT2D eigenvalue weighted by molar-refractivity contribution is -0.122. The normalized spacial score (nSPS) is 11.7. The van der Waals surface area contributed by atoms with Crippen LogP contribution in [-0.2, 0) is 11.3 Å². The smallest absolute Gasteiger partial charge is 0.237 e. The Kier molecular flexibility index (Phi) is 4.45. The molecule has 80 valence electrons. The molecular weight excluding hydrogens is 190 g/mol. The molecule has 0 aliphatic carbocycles. The minimum absolute atomic E-state index is 0.194. The maximum absolute atomic E-state index is 11.3. The summed E-state index contributed by atoms with van der Waals surface area (Å²) >= 11 is 0. The fourth-order valence-electron chi connectivity index (χ4n) is 1.18. The number of carbonyl (C=O) groups excluding carboxylic acids is 1. The molecule has 1 heterocycles. The van der Waals surface area contributed by atoms with Gasteiger partial charge in [0.2, 0.25) is 5.91 Å². The highest BCUT2D eigenvalue weighted by molar-refractivity contribution is 5.81. The number of rotatable bonds is 5. The van der Waals surface area contributed by atoms with Gasteiger partial charge in [0.1, 0.15) is 0 Å². The first-order valence-corrected chi connectivity index (χ1v) is 4.81. The Morgan fingerprint density at radius 2 is 2.20 bits per heavy atom. The minimum Gasteiger partial charge on any atom is -0.353 e. The Hall–Kier alpha value is -1.73. The van der Waals surface area contributed by atoms with E-state index in [1.165, 1.54) is 0 Å². The third-order valence-electron chi connectivity index (χ3n) is 2.01. The summed E-state index contributed by atoms with van der Waals surface area (Å²) in [7, 11) is 0. The van der Waals surface area contributed by atoms with Crippen LogP contribution in [0.1, 0.15) is 6.42 Å². The molecule has 1 aromatic rings. The van der Waals surface area contributed by atoms with Crippen LogP contribution < -0.4 is 11.1 Å². The number of nitrogens with two attached hydrogens (primary N) is 1. The zero-order valence-electron chi connectivity index (χ0n) is 8.52. The second-order valence-electron chi connectivity index (χ2n) is 3.23. The van der Waals surface area contributed by atoms with Crippen LogP contribution in [0.25, 0.3) is 0 Å². The molecule has 1 amide bonds. The number of carbonyl (C=O) groups is 1. The molecule has 1 aromatic heterocycles. The Morgan fingerprint density at radius 3 is 2.80 bits per heavy atom. The van der Waals surface area contributed by atoms with Crippen molar-refractivity contribution in [2.24, 2.45) is 5.73 Å². The van der Waals surface area contributed by atoms with Crippen LogP contribution in [0.3, 0.4) is 0 Å². The van der Waals surface area contributed by atoms with Crippen LogP contribution in [0.4, 0.5) is 0 Å². The van der Waals surface area contributed by atoms with E-state index in [1.54, 1.807) is 0 Å². The van der Waals surface area contributed by atoms with Crippen molar-refractivity contribution in [2.45, 2.75) is 19.0 Å². The van der Waals surface area contributed by atoms with E-state index in [1.807, 2.05) is 29.1 Å². The van der Waals surface area contributed by atoms with E-state index in [2.05, 4.69) is 11.2 Å². The molecule has 1 unspecified atom stereocenters. The lowest BCUT2D eigenvalue weighted by Gasteiger charge is -2.09. The highest BCUT2D eigenvalue weighted by atomic mass is 16.2. The van der Waals surface area contributed by atoms with Crippen molar-refractivity contribution in [3.63, 3.8) is 0 Å². The van der Waals surface area contributed by atoms with Gasteiger partial charge in [-0.15, -0.1) is 12.3 Å². The number of nitrogens with one attached hydrogen (secondary N) is 1. The number of aromatic nitrogens is 1. The van der Waals surface area contributed by atoms with Crippen molar-refractivity contribution in [1.82, 2.24) is 9.88 Å². The second-order valence-corrected chi connectivity index (χ2v) is 3.23. The molecule has 0 radical (unpaired) electrons. The average molecular weight is 205 g/mol. The van der Waals surface area contributed by atoms with Crippen molar-refractivity contribution in [3.8, 4) is 12.3 Å². The van der Waals surface area contributed by atoms with Gasteiger partial charge in [-0.3, -0.25) is 4.79 Å². The average Bonchev–Trinajstić information content (AvgIpc) is 2.71. The van der Waals surface area contributed by atoms with E-state index in [-0.39, 0.29) is 12.3 Å². The number of amides is 1. The summed E-state index contributed by atoms with van der Waals surface area (Å²) in [5.74, 6) is 2.17. The molecule has 0 fully saturated rings.